The van der Waals surface area contributed by atoms with E-state index in [0.29, 0.717) is 18.0 Å². The van der Waals surface area contributed by atoms with Crippen LogP contribution in [0.1, 0.15) is 10.5 Å². The molecule has 1 rings (SSSR count). The molecule has 0 atom stereocenters. The van der Waals surface area contributed by atoms with Crippen LogP contribution in [-0.2, 0) is 6.54 Å². The van der Waals surface area contributed by atoms with Gasteiger partial charge < -0.3 is 20.3 Å². The van der Waals surface area contributed by atoms with Gasteiger partial charge in [-0.2, -0.15) is 13.2 Å². The summed E-state index contributed by atoms with van der Waals surface area (Å²) in [4.78, 5) is 16.1. The highest BCUT2D eigenvalue weighted by molar-refractivity contribution is 5.92. The largest absolute Gasteiger partial charge is 0.406 e. The van der Waals surface area contributed by atoms with Gasteiger partial charge in [0.25, 0.3) is 5.91 Å². The first-order valence-electron chi connectivity index (χ1n) is 5.56. The monoisotopic (exact) mass is 280 g/mol. The predicted octanol–water partition coefficient (Wildman–Crippen LogP) is -0.161. The van der Waals surface area contributed by atoms with E-state index in [1.54, 1.807) is 0 Å². The Hall–Kier alpha value is -1.61. The molecule has 1 aromatic rings. The molecule has 1 heterocycles. The number of hydrogen-bond donors (Lipinski definition) is 2. The summed E-state index contributed by atoms with van der Waals surface area (Å²) < 4.78 is 38.5. The van der Waals surface area contributed by atoms with Crippen molar-refractivity contribution in [1.82, 2.24) is 14.5 Å². The van der Waals surface area contributed by atoms with E-state index in [1.165, 1.54) is 17.1 Å². The molecule has 0 aliphatic rings. The first-order valence-corrected chi connectivity index (χ1v) is 5.56. The third kappa shape index (κ3) is 4.87. The van der Waals surface area contributed by atoms with Gasteiger partial charge in [0.2, 0.25) is 0 Å². The number of amides is 1. The van der Waals surface area contributed by atoms with E-state index >= 15 is 0 Å². The van der Waals surface area contributed by atoms with E-state index in [-0.39, 0.29) is 5.69 Å². The molecule has 1 aromatic heterocycles. The number of carbonyl (C=O) groups excluding carboxylic acids is 1. The number of aromatic nitrogens is 2. The molecule has 0 spiro atoms. The van der Waals surface area contributed by atoms with Crippen molar-refractivity contribution < 1.29 is 23.1 Å². The first kappa shape index (κ1) is 15.4. The fourth-order valence-corrected chi connectivity index (χ4v) is 1.49. The van der Waals surface area contributed by atoms with E-state index in [4.69, 9.17) is 10.8 Å². The molecule has 0 aliphatic heterocycles. The fraction of sp³-hybridized carbons (Fsp3) is 0.600. The number of alkyl halides is 3. The van der Waals surface area contributed by atoms with Crippen LogP contribution < -0.4 is 5.73 Å². The van der Waals surface area contributed by atoms with Crippen molar-refractivity contribution in [3.63, 3.8) is 0 Å². The number of halogens is 3. The number of carbonyl (C=O) groups is 1. The summed E-state index contributed by atoms with van der Waals surface area (Å²) in [5, 5.41) is 8.72. The number of aliphatic hydroxyl groups excluding tert-OH is 1. The van der Waals surface area contributed by atoms with E-state index < -0.39 is 31.8 Å². The predicted molar refractivity (Wildman–Crippen MR) is 60.3 cm³/mol. The molecule has 0 aromatic carbocycles. The lowest BCUT2D eigenvalue weighted by Gasteiger charge is -2.22. The molecule has 0 saturated carbocycles. The molecule has 0 radical (unpaired) electrons. The number of nitrogens with zero attached hydrogens (tertiary/aromatic N) is 3. The van der Waals surface area contributed by atoms with E-state index in [0.717, 1.165) is 0 Å². The van der Waals surface area contributed by atoms with Crippen LogP contribution in [0.4, 0.5) is 13.2 Å². The zero-order chi connectivity index (χ0) is 14.5. The van der Waals surface area contributed by atoms with Gasteiger partial charge in [0.05, 0.1) is 12.9 Å². The smallest absolute Gasteiger partial charge is 0.395 e. The second-order valence-corrected chi connectivity index (χ2v) is 3.85. The van der Waals surface area contributed by atoms with E-state index in [2.05, 4.69) is 4.98 Å². The van der Waals surface area contributed by atoms with Crippen LogP contribution in [-0.4, -0.2) is 57.9 Å². The minimum absolute atomic E-state index is 0.105. The highest BCUT2D eigenvalue weighted by Gasteiger charge is 2.33. The average Bonchev–Trinajstić information content (AvgIpc) is 2.75. The minimum Gasteiger partial charge on any atom is -0.395 e. The quantitative estimate of drug-likeness (QED) is 0.758. The maximum Gasteiger partial charge on any atom is 0.406 e. The zero-order valence-electron chi connectivity index (χ0n) is 10.1. The fourth-order valence-electron chi connectivity index (χ4n) is 1.49. The molecule has 6 nitrogen and oxygen atoms in total. The van der Waals surface area contributed by atoms with Gasteiger partial charge in [-0.1, -0.05) is 0 Å². The Bertz CT molecular complexity index is 419. The summed E-state index contributed by atoms with van der Waals surface area (Å²) in [6.45, 7) is -1.63. The van der Waals surface area contributed by atoms with Gasteiger partial charge >= 0.3 is 6.18 Å². The molecule has 3 N–H and O–H groups in total. The summed E-state index contributed by atoms with van der Waals surface area (Å²) in [6, 6.07) is 0. The lowest BCUT2D eigenvalue weighted by Crippen LogP contribution is -2.40. The topological polar surface area (TPSA) is 84.4 Å². The van der Waals surface area contributed by atoms with Crippen LogP contribution in [0.15, 0.2) is 12.5 Å². The summed E-state index contributed by atoms with van der Waals surface area (Å²) in [7, 11) is 0. The Morgan fingerprint density at radius 3 is 2.74 bits per heavy atom. The van der Waals surface area contributed by atoms with Crippen molar-refractivity contribution in [3.8, 4) is 0 Å². The number of imidazole rings is 1. The summed E-state index contributed by atoms with van der Waals surface area (Å²) >= 11 is 0. The van der Waals surface area contributed by atoms with Gasteiger partial charge in [-0.15, -0.1) is 0 Å². The van der Waals surface area contributed by atoms with Gasteiger partial charge in [-0.3, -0.25) is 4.79 Å². The van der Waals surface area contributed by atoms with Gasteiger partial charge in [-0.05, 0) is 0 Å². The Morgan fingerprint density at radius 1 is 1.53 bits per heavy atom. The number of hydrogen-bond acceptors (Lipinski definition) is 4. The standard InChI is InChI=1S/C10H15F3N4O2/c11-10(12,13)6-17(3-4-18)9(19)8-5-16(2-1-14)7-15-8/h5,7,18H,1-4,6,14H2. The van der Waals surface area contributed by atoms with Crippen LogP contribution in [0.25, 0.3) is 0 Å². The molecule has 1 amide bonds. The van der Waals surface area contributed by atoms with Crippen molar-refractivity contribution in [3.05, 3.63) is 18.2 Å². The highest BCUT2D eigenvalue weighted by Crippen LogP contribution is 2.17. The maximum atomic E-state index is 12.3. The van der Waals surface area contributed by atoms with Crippen LogP contribution >= 0.6 is 0 Å². The molecule has 0 unspecified atom stereocenters. The number of aliphatic hydroxyl groups is 1. The molecule has 0 saturated heterocycles. The lowest BCUT2D eigenvalue weighted by molar-refractivity contribution is -0.141. The zero-order valence-corrected chi connectivity index (χ0v) is 10.1. The number of nitrogens with two attached hydrogens (primary N) is 1. The van der Waals surface area contributed by atoms with Crippen LogP contribution in [0.3, 0.4) is 0 Å². The van der Waals surface area contributed by atoms with Crippen LogP contribution in [0, 0.1) is 0 Å². The SMILES string of the molecule is NCCn1cnc(C(=O)N(CCO)CC(F)(F)F)c1. The van der Waals surface area contributed by atoms with Gasteiger partial charge in [0.15, 0.2) is 0 Å². The summed E-state index contributed by atoms with van der Waals surface area (Å²) in [5.41, 5.74) is 5.21. The summed E-state index contributed by atoms with van der Waals surface area (Å²) in [6.07, 6.45) is -1.87. The van der Waals surface area contributed by atoms with Crippen LogP contribution in [0.2, 0.25) is 0 Å². The van der Waals surface area contributed by atoms with Gasteiger partial charge in [0, 0.05) is 25.8 Å². The van der Waals surface area contributed by atoms with Crippen molar-refractivity contribution in [2.75, 3.05) is 26.2 Å². The minimum atomic E-state index is -4.52. The Kier molecular flexibility index (Phi) is 5.31. The molecule has 19 heavy (non-hydrogen) atoms. The van der Waals surface area contributed by atoms with E-state index in [1.807, 2.05) is 0 Å². The van der Waals surface area contributed by atoms with E-state index in [9.17, 15) is 18.0 Å². The first-order chi connectivity index (χ1) is 8.87. The Labute approximate surface area is 107 Å². The van der Waals surface area contributed by atoms with Gasteiger partial charge in [-0.25, -0.2) is 4.98 Å². The number of rotatable bonds is 6. The molecule has 0 bridgehead atoms. The Morgan fingerprint density at radius 2 is 2.21 bits per heavy atom. The third-order valence-corrected chi connectivity index (χ3v) is 2.27. The normalized spacial score (nSPS) is 11.6. The molecule has 9 heteroatoms. The second kappa shape index (κ2) is 6.53. The highest BCUT2D eigenvalue weighted by atomic mass is 19.4. The van der Waals surface area contributed by atoms with Crippen LogP contribution in [0.5, 0.6) is 0 Å². The Balaban J connectivity index is 2.79. The molecule has 0 fully saturated rings. The molecule has 0 aliphatic carbocycles. The summed E-state index contributed by atoms with van der Waals surface area (Å²) in [5.74, 6) is -0.873. The van der Waals surface area contributed by atoms with Crippen molar-refractivity contribution in [2.24, 2.45) is 5.73 Å². The lowest BCUT2D eigenvalue weighted by atomic mass is 10.3. The maximum absolute atomic E-state index is 12.3. The molecular weight excluding hydrogens is 265 g/mol. The second-order valence-electron chi connectivity index (χ2n) is 3.85. The average molecular weight is 280 g/mol. The van der Waals surface area contributed by atoms with Crippen molar-refractivity contribution in [2.45, 2.75) is 12.7 Å². The van der Waals surface area contributed by atoms with Crippen molar-refractivity contribution in [1.29, 1.82) is 0 Å². The van der Waals surface area contributed by atoms with Gasteiger partial charge in [0.1, 0.15) is 12.2 Å². The molecule has 108 valence electrons. The van der Waals surface area contributed by atoms with Crippen molar-refractivity contribution >= 4 is 5.91 Å². The molecular formula is C10H15F3N4O2. The third-order valence-electron chi connectivity index (χ3n) is 2.27.